The van der Waals surface area contributed by atoms with Gasteiger partial charge in [0.05, 0.1) is 4.92 Å². The van der Waals surface area contributed by atoms with Crippen LogP contribution in [0.5, 0.6) is 0 Å². The van der Waals surface area contributed by atoms with E-state index < -0.39 is 4.92 Å². The van der Waals surface area contributed by atoms with Gasteiger partial charge in [-0.3, -0.25) is 10.1 Å². The molecule has 92 valence electrons. The second kappa shape index (κ2) is 5.12. The zero-order valence-corrected chi connectivity index (χ0v) is 9.93. The van der Waals surface area contributed by atoms with E-state index in [1.807, 2.05) is 0 Å². The van der Waals surface area contributed by atoms with Gasteiger partial charge in [-0.1, -0.05) is 13.3 Å². The average Bonchev–Trinajstić information content (AvgIpc) is 2.73. The van der Waals surface area contributed by atoms with Crippen molar-refractivity contribution in [3.8, 4) is 0 Å². The molecular weight excluding hydrogens is 218 g/mol. The summed E-state index contributed by atoms with van der Waals surface area (Å²) >= 11 is 0. The molecule has 0 bridgehead atoms. The second-order valence-corrected chi connectivity index (χ2v) is 4.79. The third-order valence-electron chi connectivity index (χ3n) is 3.34. The molecule has 1 N–H and O–H groups in total. The zero-order valence-electron chi connectivity index (χ0n) is 9.93. The van der Waals surface area contributed by atoms with E-state index >= 15 is 0 Å². The monoisotopic (exact) mass is 235 g/mol. The van der Waals surface area contributed by atoms with Crippen LogP contribution in [0.3, 0.4) is 0 Å². The van der Waals surface area contributed by atoms with Gasteiger partial charge in [-0.25, -0.2) is 4.98 Å². The Hall–Kier alpha value is -1.65. The maximum Gasteiger partial charge on any atom is 0.311 e. The standard InChI is InChI=1S/C12H17N3O2/c1-9-4-5-10(7-9)8-14-12-11(15(16)17)3-2-6-13-12/h2-3,6,9-10H,4-5,7-8H2,1H3,(H,13,14). The normalized spacial score (nSPS) is 23.6. The summed E-state index contributed by atoms with van der Waals surface area (Å²) in [6.07, 6.45) is 5.24. The number of rotatable bonds is 4. The molecule has 1 saturated carbocycles. The van der Waals surface area contributed by atoms with Crippen LogP contribution in [-0.4, -0.2) is 16.5 Å². The smallest absolute Gasteiger partial charge is 0.311 e. The van der Waals surface area contributed by atoms with Crippen LogP contribution >= 0.6 is 0 Å². The molecule has 1 aliphatic rings. The summed E-state index contributed by atoms with van der Waals surface area (Å²) < 4.78 is 0. The predicted octanol–water partition coefficient (Wildman–Crippen LogP) is 2.84. The highest BCUT2D eigenvalue weighted by atomic mass is 16.6. The Bertz CT molecular complexity index is 408. The van der Waals surface area contributed by atoms with E-state index in [-0.39, 0.29) is 5.69 Å². The lowest BCUT2D eigenvalue weighted by atomic mass is 10.1. The van der Waals surface area contributed by atoms with Crippen molar-refractivity contribution in [2.24, 2.45) is 11.8 Å². The Morgan fingerprint density at radius 2 is 2.41 bits per heavy atom. The first kappa shape index (κ1) is 11.8. The number of hydrogen-bond acceptors (Lipinski definition) is 4. The quantitative estimate of drug-likeness (QED) is 0.643. The van der Waals surface area contributed by atoms with E-state index in [0.717, 1.165) is 12.5 Å². The minimum atomic E-state index is -0.396. The van der Waals surface area contributed by atoms with Crippen molar-refractivity contribution < 1.29 is 4.92 Å². The van der Waals surface area contributed by atoms with Gasteiger partial charge < -0.3 is 5.32 Å². The molecule has 2 rings (SSSR count). The summed E-state index contributed by atoms with van der Waals surface area (Å²) in [4.78, 5) is 14.4. The molecule has 0 radical (unpaired) electrons. The molecule has 0 spiro atoms. The first-order valence-electron chi connectivity index (χ1n) is 6.00. The summed E-state index contributed by atoms with van der Waals surface area (Å²) in [5.74, 6) is 1.78. The van der Waals surface area contributed by atoms with Gasteiger partial charge in [0.15, 0.2) is 0 Å². The molecule has 1 fully saturated rings. The van der Waals surface area contributed by atoms with E-state index in [1.54, 1.807) is 12.3 Å². The number of hydrogen-bond donors (Lipinski definition) is 1. The highest BCUT2D eigenvalue weighted by Gasteiger charge is 2.22. The number of anilines is 1. The molecule has 2 atom stereocenters. The number of aromatic nitrogens is 1. The average molecular weight is 235 g/mol. The number of nitrogens with one attached hydrogen (secondary N) is 1. The molecular formula is C12H17N3O2. The van der Waals surface area contributed by atoms with Crippen molar-refractivity contribution in [1.82, 2.24) is 4.98 Å². The highest BCUT2D eigenvalue weighted by Crippen LogP contribution is 2.31. The molecule has 5 nitrogen and oxygen atoms in total. The van der Waals surface area contributed by atoms with E-state index in [1.165, 1.54) is 25.3 Å². The molecule has 1 aromatic rings. The summed E-state index contributed by atoms with van der Waals surface area (Å²) in [7, 11) is 0. The topological polar surface area (TPSA) is 68.1 Å². The molecule has 1 heterocycles. The Morgan fingerprint density at radius 3 is 3.06 bits per heavy atom. The third kappa shape index (κ3) is 2.93. The summed E-state index contributed by atoms with van der Waals surface area (Å²) in [6.45, 7) is 3.03. The molecule has 5 heteroatoms. The van der Waals surface area contributed by atoms with Crippen LogP contribution in [0.1, 0.15) is 26.2 Å². The van der Waals surface area contributed by atoms with E-state index in [9.17, 15) is 10.1 Å². The van der Waals surface area contributed by atoms with Crippen LogP contribution in [0.4, 0.5) is 11.5 Å². The van der Waals surface area contributed by atoms with Crippen molar-refractivity contribution in [3.05, 3.63) is 28.4 Å². The van der Waals surface area contributed by atoms with Gasteiger partial charge in [0, 0.05) is 18.8 Å². The van der Waals surface area contributed by atoms with Gasteiger partial charge in [0.25, 0.3) is 0 Å². The lowest BCUT2D eigenvalue weighted by Gasteiger charge is -2.11. The molecule has 17 heavy (non-hydrogen) atoms. The fourth-order valence-electron chi connectivity index (χ4n) is 2.43. The summed E-state index contributed by atoms with van der Waals surface area (Å²) in [6, 6.07) is 3.06. The van der Waals surface area contributed by atoms with Crippen LogP contribution in [0.15, 0.2) is 18.3 Å². The van der Waals surface area contributed by atoms with E-state index in [2.05, 4.69) is 17.2 Å². The van der Waals surface area contributed by atoms with Crippen LogP contribution in [0, 0.1) is 22.0 Å². The molecule has 0 amide bonds. The first-order valence-corrected chi connectivity index (χ1v) is 6.00. The molecule has 1 aromatic heterocycles. The van der Waals surface area contributed by atoms with Crippen molar-refractivity contribution >= 4 is 11.5 Å². The first-order chi connectivity index (χ1) is 8.16. The lowest BCUT2D eigenvalue weighted by molar-refractivity contribution is -0.384. The zero-order chi connectivity index (χ0) is 12.3. The van der Waals surface area contributed by atoms with E-state index in [0.29, 0.717) is 11.7 Å². The number of nitro groups is 1. The predicted molar refractivity (Wildman–Crippen MR) is 65.9 cm³/mol. The van der Waals surface area contributed by atoms with Crippen molar-refractivity contribution in [2.75, 3.05) is 11.9 Å². The van der Waals surface area contributed by atoms with E-state index in [4.69, 9.17) is 0 Å². The van der Waals surface area contributed by atoms with Crippen LogP contribution in [-0.2, 0) is 0 Å². The van der Waals surface area contributed by atoms with Crippen LogP contribution in [0.25, 0.3) is 0 Å². The molecule has 0 saturated heterocycles. The summed E-state index contributed by atoms with van der Waals surface area (Å²) in [5.41, 5.74) is 0.0542. The number of pyridine rings is 1. The lowest BCUT2D eigenvalue weighted by Crippen LogP contribution is -2.13. The van der Waals surface area contributed by atoms with Gasteiger partial charge in [-0.2, -0.15) is 0 Å². The molecule has 1 aliphatic carbocycles. The van der Waals surface area contributed by atoms with Crippen molar-refractivity contribution in [3.63, 3.8) is 0 Å². The second-order valence-electron chi connectivity index (χ2n) is 4.79. The minimum absolute atomic E-state index is 0.0542. The Kier molecular flexibility index (Phi) is 3.56. The van der Waals surface area contributed by atoms with Crippen molar-refractivity contribution in [2.45, 2.75) is 26.2 Å². The minimum Gasteiger partial charge on any atom is -0.364 e. The molecule has 0 aliphatic heterocycles. The fourth-order valence-corrected chi connectivity index (χ4v) is 2.43. The summed E-state index contributed by atoms with van der Waals surface area (Å²) in [5, 5.41) is 13.9. The Balaban J connectivity index is 1.97. The highest BCUT2D eigenvalue weighted by molar-refractivity contribution is 5.55. The van der Waals surface area contributed by atoms with Crippen molar-refractivity contribution in [1.29, 1.82) is 0 Å². The maximum absolute atomic E-state index is 10.8. The molecule has 2 unspecified atom stereocenters. The SMILES string of the molecule is CC1CCC(CNc2ncccc2[N+](=O)[O-])C1. The Labute approximate surface area is 100 Å². The molecule has 0 aromatic carbocycles. The van der Waals surface area contributed by atoms with Gasteiger partial charge in [-0.05, 0) is 30.7 Å². The maximum atomic E-state index is 10.8. The van der Waals surface area contributed by atoms with Gasteiger partial charge >= 0.3 is 5.69 Å². The largest absolute Gasteiger partial charge is 0.364 e. The van der Waals surface area contributed by atoms with Gasteiger partial charge in [0.2, 0.25) is 5.82 Å². The van der Waals surface area contributed by atoms with Crippen LogP contribution in [0.2, 0.25) is 0 Å². The Morgan fingerprint density at radius 1 is 1.59 bits per heavy atom. The van der Waals surface area contributed by atoms with Gasteiger partial charge in [-0.15, -0.1) is 0 Å². The number of nitrogens with zero attached hydrogens (tertiary/aromatic N) is 2. The van der Waals surface area contributed by atoms with Crippen LogP contribution < -0.4 is 5.32 Å². The third-order valence-corrected chi connectivity index (χ3v) is 3.34. The fraction of sp³-hybridized carbons (Fsp3) is 0.583. The van der Waals surface area contributed by atoms with Gasteiger partial charge in [0.1, 0.15) is 0 Å².